The molecule has 0 saturated carbocycles. The number of carbonyl (C=O) groups is 3. The molecule has 0 aliphatic rings. The van der Waals surface area contributed by atoms with Crippen molar-refractivity contribution in [3.8, 4) is 5.75 Å². The van der Waals surface area contributed by atoms with Crippen LogP contribution in [0.1, 0.15) is 28.9 Å². The van der Waals surface area contributed by atoms with Crippen molar-refractivity contribution < 1.29 is 19.1 Å². The minimum Gasteiger partial charge on any atom is -0.475 e. The lowest BCUT2D eigenvalue weighted by Gasteiger charge is -2.20. The Morgan fingerprint density at radius 2 is 1.45 bits per heavy atom. The number of amides is 4. The molecule has 3 N–H and O–H groups in total. The van der Waals surface area contributed by atoms with E-state index in [2.05, 4.69) is 16.0 Å². The zero-order chi connectivity index (χ0) is 22.1. The Morgan fingerprint density at radius 3 is 2.13 bits per heavy atom. The van der Waals surface area contributed by atoms with Crippen molar-refractivity contribution in [3.63, 3.8) is 0 Å². The second-order valence-corrected chi connectivity index (χ2v) is 6.57. The molecular formula is C24H23N3O4. The standard InChI is InChI=1S/C24H23N3O4/c1-2-25-24(30)27-23(29)21(17-11-5-3-6-12-17)31-20-16-10-9-15-19(20)22(28)26-18-13-7-4-8-14-18/h3-16,21H,2H2,1H3,(H,26,28)(H2,25,27,29,30)/t21-/m1/s1. The summed E-state index contributed by atoms with van der Waals surface area (Å²) in [6.45, 7) is 2.12. The van der Waals surface area contributed by atoms with Crippen molar-refractivity contribution in [1.29, 1.82) is 0 Å². The van der Waals surface area contributed by atoms with Crippen molar-refractivity contribution in [2.24, 2.45) is 0 Å². The van der Waals surface area contributed by atoms with E-state index in [0.29, 0.717) is 17.8 Å². The first-order chi connectivity index (χ1) is 15.1. The van der Waals surface area contributed by atoms with Crippen LogP contribution in [-0.2, 0) is 4.79 Å². The summed E-state index contributed by atoms with van der Waals surface area (Å²) in [5, 5.41) is 7.59. The molecule has 0 fully saturated rings. The lowest BCUT2D eigenvalue weighted by Crippen LogP contribution is -2.43. The molecule has 0 bridgehead atoms. The van der Waals surface area contributed by atoms with Crippen molar-refractivity contribution in [2.45, 2.75) is 13.0 Å². The molecule has 3 aromatic carbocycles. The predicted octanol–water partition coefficient (Wildman–Crippen LogP) is 3.90. The minimum absolute atomic E-state index is 0.218. The van der Waals surface area contributed by atoms with Crippen LogP contribution in [0.15, 0.2) is 84.9 Å². The first-order valence-corrected chi connectivity index (χ1v) is 9.84. The Labute approximate surface area is 180 Å². The number of benzene rings is 3. The molecule has 158 valence electrons. The molecule has 7 heteroatoms. The molecule has 0 aromatic heterocycles. The molecule has 1 atom stereocenters. The number of hydrogen-bond donors (Lipinski definition) is 3. The molecule has 4 amide bonds. The molecule has 31 heavy (non-hydrogen) atoms. The van der Waals surface area contributed by atoms with Crippen LogP contribution in [0.2, 0.25) is 0 Å². The third kappa shape index (κ3) is 5.93. The van der Waals surface area contributed by atoms with E-state index in [1.165, 1.54) is 0 Å². The van der Waals surface area contributed by atoms with Crippen LogP contribution in [0.5, 0.6) is 5.75 Å². The molecule has 0 saturated heterocycles. The van der Waals surface area contributed by atoms with Gasteiger partial charge in [-0.15, -0.1) is 0 Å². The number of imide groups is 1. The van der Waals surface area contributed by atoms with Gasteiger partial charge in [-0.25, -0.2) is 4.79 Å². The van der Waals surface area contributed by atoms with Crippen LogP contribution >= 0.6 is 0 Å². The number of carbonyl (C=O) groups excluding carboxylic acids is 3. The summed E-state index contributed by atoms with van der Waals surface area (Å²) in [4.78, 5) is 37.5. The summed E-state index contributed by atoms with van der Waals surface area (Å²) in [5.41, 5.74) is 1.44. The number of nitrogens with one attached hydrogen (secondary N) is 3. The second kappa shape index (κ2) is 10.6. The zero-order valence-electron chi connectivity index (χ0n) is 17.0. The van der Waals surface area contributed by atoms with Gasteiger partial charge in [0, 0.05) is 17.8 Å². The molecule has 3 rings (SSSR count). The zero-order valence-corrected chi connectivity index (χ0v) is 17.0. The lowest BCUT2D eigenvalue weighted by molar-refractivity contribution is -0.127. The molecular weight excluding hydrogens is 394 g/mol. The fraction of sp³-hybridized carbons (Fsp3) is 0.125. The minimum atomic E-state index is -1.13. The first kappa shape index (κ1) is 21.6. The quantitative estimate of drug-likeness (QED) is 0.543. The Balaban J connectivity index is 1.87. The van der Waals surface area contributed by atoms with Gasteiger partial charge in [0.2, 0.25) is 6.10 Å². The Kier molecular flexibility index (Phi) is 7.37. The van der Waals surface area contributed by atoms with Crippen molar-refractivity contribution >= 4 is 23.5 Å². The van der Waals surface area contributed by atoms with Gasteiger partial charge in [0.25, 0.3) is 11.8 Å². The maximum atomic E-state index is 12.8. The molecule has 0 aliphatic carbocycles. The SMILES string of the molecule is CCNC(=O)NC(=O)[C@H](Oc1ccccc1C(=O)Nc1ccccc1)c1ccccc1. The van der Waals surface area contributed by atoms with Crippen LogP contribution in [-0.4, -0.2) is 24.4 Å². The molecule has 0 heterocycles. The van der Waals surface area contributed by atoms with Crippen molar-refractivity contribution in [3.05, 3.63) is 96.1 Å². The number of rotatable bonds is 7. The first-order valence-electron chi connectivity index (χ1n) is 9.84. The summed E-state index contributed by atoms with van der Waals surface area (Å²) >= 11 is 0. The van der Waals surface area contributed by atoms with Gasteiger partial charge >= 0.3 is 6.03 Å². The van der Waals surface area contributed by atoms with Gasteiger partial charge < -0.3 is 15.4 Å². The van der Waals surface area contributed by atoms with E-state index in [4.69, 9.17) is 4.74 Å². The van der Waals surface area contributed by atoms with E-state index < -0.39 is 18.0 Å². The normalized spacial score (nSPS) is 11.1. The topological polar surface area (TPSA) is 96.5 Å². The molecule has 0 radical (unpaired) electrons. The average molecular weight is 417 g/mol. The van der Waals surface area contributed by atoms with Crippen LogP contribution in [0, 0.1) is 0 Å². The Bertz CT molecular complexity index is 1040. The van der Waals surface area contributed by atoms with E-state index in [1.807, 2.05) is 24.3 Å². The molecule has 7 nitrogen and oxygen atoms in total. The van der Waals surface area contributed by atoms with Gasteiger partial charge in [-0.2, -0.15) is 0 Å². The summed E-state index contributed by atoms with van der Waals surface area (Å²) in [7, 11) is 0. The Hall–Kier alpha value is -4.13. The second-order valence-electron chi connectivity index (χ2n) is 6.57. The number of hydrogen-bond acceptors (Lipinski definition) is 4. The van der Waals surface area contributed by atoms with Gasteiger partial charge in [0.15, 0.2) is 0 Å². The van der Waals surface area contributed by atoms with Gasteiger partial charge in [-0.05, 0) is 31.2 Å². The van der Waals surface area contributed by atoms with Crippen LogP contribution in [0.3, 0.4) is 0 Å². The fourth-order valence-corrected chi connectivity index (χ4v) is 2.89. The maximum absolute atomic E-state index is 12.8. The summed E-state index contributed by atoms with van der Waals surface area (Å²) in [6, 6.07) is 23.8. The summed E-state index contributed by atoms with van der Waals surface area (Å²) in [5.74, 6) is -0.802. The smallest absolute Gasteiger partial charge is 0.321 e. The van der Waals surface area contributed by atoms with Crippen LogP contribution in [0.4, 0.5) is 10.5 Å². The van der Waals surface area contributed by atoms with Gasteiger partial charge in [-0.1, -0.05) is 60.7 Å². The Morgan fingerprint density at radius 1 is 0.839 bits per heavy atom. The van der Waals surface area contributed by atoms with E-state index in [0.717, 1.165) is 0 Å². The van der Waals surface area contributed by atoms with Crippen molar-refractivity contribution in [2.75, 3.05) is 11.9 Å². The highest BCUT2D eigenvalue weighted by atomic mass is 16.5. The predicted molar refractivity (Wildman–Crippen MR) is 118 cm³/mol. The summed E-state index contributed by atoms with van der Waals surface area (Å²) in [6.07, 6.45) is -1.13. The van der Waals surface area contributed by atoms with Gasteiger partial charge in [-0.3, -0.25) is 14.9 Å². The van der Waals surface area contributed by atoms with E-state index in [1.54, 1.807) is 67.6 Å². The van der Waals surface area contributed by atoms with Gasteiger partial charge in [0.1, 0.15) is 5.75 Å². The summed E-state index contributed by atoms with van der Waals surface area (Å²) < 4.78 is 5.98. The van der Waals surface area contributed by atoms with Gasteiger partial charge in [0.05, 0.1) is 5.56 Å². The highest BCUT2D eigenvalue weighted by Gasteiger charge is 2.26. The molecule has 0 unspecified atom stereocenters. The van der Waals surface area contributed by atoms with E-state index >= 15 is 0 Å². The molecule has 3 aromatic rings. The average Bonchev–Trinajstić information content (AvgIpc) is 2.79. The number of para-hydroxylation sites is 2. The number of ether oxygens (including phenoxy) is 1. The monoisotopic (exact) mass is 417 g/mol. The third-order valence-electron chi connectivity index (χ3n) is 4.32. The highest BCUT2D eigenvalue weighted by molar-refractivity contribution is 6.06. The molecule has 0 spiro atoms. The van der Waals surface area contributed by atoms with E-state index in [9.17, 15) is 14.4 Å². The number of urea groups is 1. The van der Waals surface area contributed by atoms with Crippen molar-refractivity contribution in [1.82, 2.24) is 10.6 Å². The third-order valence-corrected chi connectivity index (χ3v) is 4.32. The van der Waals surface area contributed by atoms with E-state index in [-0.39, 0.29) is 17.2 Å². The molecule has 0 aliphatic heterocycles. The highest BCUT2D eigenvalue weighted by Crippen LogP contribution is 2.26. The lowest BCUT2D eigenvalue weighted by atomic mass is 10.1. The van der Waals surface area contributed by atoms with Crippen LogP contribution < -0.4 is 20.7 Å². The maximum Gasteiger partial charge on any atom is 0.321 e. The number of anilines is 1. The fourth-order valence-electron chi connectivity index (χ4n) is 2.89. The largest absolute Gasteiger partial charge is 0.475 e. The van der Waals surface area contributed by atoms with Crippen LogP contribution in [0.25, 0.3) is 0 Å².